The lowest BCUT2D eigenvalue weighted by atomic mass is 10.2. The SMILES string of the molecule is O=C(O)CN(CC(=O)O)CC(C(=O)NCCNC(=O)CI)N(CC(=O)O)CC(=O)O. The number of carboxylic acid groups (broad SMARTS) is 4. The molecule has 0 aromatic heterocycles. The maximum atomic E-state index is 12.6. The molecule has 0 saturated heterocycles. The first-order valence-electron chi connectivity index (χ1n) is 8.40. The van der Waals surface area contributed by atoms with Crippen molar-refractivity contribution in [3.05, 3.63) is 0 Å². The van der Waals surface area contributed by atoms with Crippen molar-refractivity contribution in [2.75, 3.05) is 50.2 Å². The Hall–Kier alpha value is -2.53. The quantitative estimate of drug-likeness (QED) is 0.0648. The van der Waals surface area contributed by atoms with E-state index in [-0.39, 0.29) is 23.4 Å². The molecule has 6 N–H and O–H groups in total. The van der Waals surface area contributed by atoms with Gasteiger partial charge >= 0.3 is 23.9 Å². The van der Waals surface area contributed by atoms with Gasteiger partial charge in [0.25, 0.3) is 0 Å². The van der Waals surface area contributed by atoms with Crippen LogP contribution in [-0.4, -0.2) is 122 Å². The minimum atomic E-state index is -1.48. The van der Waals surface area contributed by atoms with E-state index in [9.17, 15) is 28.8 Å². The molecule has 1 unspecified atom stereocenters. The number of hydrogen-bond acceptors (Lipinski definition) is 8. The van der Waals surface area contributed by atoms with Gasteiger partial charge in [0.2, 0.25) is 11.8 Å². The second-order valence-electron chi connectivity index (χ2n) is 5.94. The molecule has 0 aliphatic carbocycles. The number of halogens is 1. The van der Waals surface area contributed by atoms with E-state index < -0.39 is 68.6 Å². The lowest BCUT2D eigenvalue weighted by molar-refractivity contribution is -0.148. The van der Waals surface area contributed by atoms with Crippen LogP contribution >= 0.6 is 22.6 Å². The van der Waals surface area contributed by atoms with E-state index >= 15 is 0 Å². The lowest BCUT2D eigenvalue weighted by Gasteiger charge is -2.31. The van der Waals surface area contributed by atoms with E-state index in [0.717, 1.165) is 9.80 Å². The van der Waals surface area contributed by atoms with Crippen LogP contribution in [0.5, 0.6) is 0 Å². The Kier molecular flexibility index (Phi) is 13.2. The normalized spacial score (nSPS) is 11.7. The average molecular weight is 546 g/mol. The number of carboxylic acids is 4. The van der Waals surface area contributed by atoms with Crippen molar-refractivity contribution in [3.8, 4) is 0 Å². The maximum Gasteiger partial charge on any atom is 0.317 e. The predicted molar refractivity (Wildman–Crippen MR) is 107 cm³/mol. The molecule has 0 heterocycles. The summed E-state index contributed by atoms with van der Waals surface area (Å²) < 4.78 is 0.193. The third kappa shape index (κ3) is 12.8. The van der Waals surface area contributed by atoms with Gasteiger partial charge in [-0.3, -0.25) is 38.6 Å². The number of alkyl halides is 1. The monoisotopic (exact) mass is 546 g/mol. The minimum Gasteiger partial charge on any atom is -0.480 e. The van der Waals surface area contributed by atoms with Crippen molar-refractivity contribution < 1.29 is 49.2 Å². The minimum absolute atomic E-state index is 0.0477. The molecule has 0 aliphatic heterocycles. The van der Waals surface area contributed by atoms with E-state index in [1.165, 1.54) is 0 Å². The molecule has 0 bridgehead atoms. The third-order valence-electron chi connectivity index (χ3n) is 3.44. The van der Waals surface area contributed by atoms with E-state index in [2.05, 4.69) is 10.6 Å². The van der Waals surface area contributed by atoms with Crippen LogP contribution in [-0.2, 0) is 28.8 Å². The molecule has 0 radical (unpaired) electrons. The Balaban J connectivity index is 5.50. The summed E-state index contributed by atoms with van der Waals surface area (Å²) in [7, 11) is 0. The van der Waals surface area contributed by atoms with Crippen LogP contribution in [0.4, 0.5) is 0 Å². The van der Waals surface area contributed by atoms with Crippen molar-refractivity contribution in [2.45, 2.75) is 6.04 Å². The molecule has 15 heteroatoms. The van der Waals surface area contributed by atoms with E-state index in [1.54, 1.807) is 0 Å². The topological polar surface area (TPSA) is 214 Å². The zero-order chi connectivity index (χ0) is 23.3. The molecule has 0 saturated carbocycles. The van der Waals surface area contributed by atoms with Crippen LogP contribution in [0.2, 0.25) is 0 Å². The van der Waals surface area contributed by atoms with Crippen molar-refractivity contribution >= 4 is 58.3 Å². The Morgan fingerprint density at radius 1 is 0.733 bits per heavy atom. The van der Waals surface area contributed by atoms with Crippen LogP contribution in [0.1, 0.15) is 0 Å². The van der Waals surface area contributed by atoms with Gasteiger partial charge in [-0.15, -0.1) is 0 Å². The lowest BCUT2D eigenvalue weighted by Crippen LogP contribution is -2.56. The highest BCUT2D eigenvalue weighted by molar-refractivity contribution is 14.1. The van der Waals surface area contributed by atoms with Crippen LogP contribution in [0.3, 0.4) is 0 Å². The summed E-state index contributed by atoms with van der Waals surface area (Å²) in [4.78, 5) is 69.7. The van der Waals surface area contributed by atoms with Crippen molar-refractivity contribution in [2.24, 2.45) is 0 Å². The summed E-state index contributed by atoms with van der Waals surface area (Å²) >= 11 is 1.83. The highest BCUT2D eigenvalue weighted by Gasteiger charge is 2.32. The maximum absolute atomic E-state index is 12.6. The van der Waals surface area contributed by atoms with Gasteiger partial charge in [-0.25, -0.2) is 0 Å². The predicted octanol–water partition coefficient (Wildman–Crippen LogP) is -3.04. The number of amides is 2. The molecule has 0 aromatic carbocycles. The van der Waals surface area contributed by atoms with E-state index in [1.807, 2.05) is 22.6 Å². The first kappa shape index (κ1) is 27.5. The highest BCUT2D eigenvalue weighted by atomic mass is 127. The van der Waals surface area contributed by atoms with E-state index in [4.69, 9.17) is 20.4 Å². The smallest absolute Gasteiger partial charge is 0.317 e. The Labute approximate surface area is 184 Å². The number of carbonyl (C=O) groups excluding carboxylic acids is 2. The molecule has 0 rings (SSSR count). The summed E-state index contributed by atoms with van der Waals surface area (Å²) in [6.07, 6.45) is 0. The first-order valence-corrected chi connectivity index (χ1v) is 9.92. The van der Waals surface area contributed by atoms with Gasteiger partial charge in [-0.2, -0.15) is 0 Å². The van der Waals surface area contributed by atoms with Crippen LogP contribution in [0, 0.1) is 0 Å². The van der Waals surface area contributed by atoms with Crippen LogP contribution < -0.4 is 10.6 Å². The largest absolute Gasteiger partial charge is 0.480 e. The number of nitrogens with zero attached hydrogens (tertiary/aromatic N) is 2. The number of nitrogens with one attached hydrogen (secondary N) is 2. The Bertz CT molecular complexity index is 627. The van der Waals surface area contributed by atoms with Gasteiger partial charge < -0.3 is 31.1 Å². The summed E-state index contributed by atoms with van der Waals surface area (Å²) in [6, 6.07) is -1.48. The van der Waals surface area contributed by atoms with E-state index in [0.29, 0.717) is 0 Å². The van der Waals surface area contributed by atoms with Gasteiger partial charge in [0.15, 0.2) is 0 Å². The fourth-order valence-corrected chi connectivity index (χ4v) is 2.62. The van der Waals surface area contributed by atoms with Crippen molar-refractivity contribution in [1.29, 1.82) is 0 Å². The highest BCUT2D eigenvalue weighted by Crippen LogP contribution is 2.05. The van der Waals surface area contributed by atoms with Gasteiger partial charge in [0.05, 0.1) is 30.6 Å². The standard InChI is InChI=1S/C15H23IN4O10/c16-3-10(21)17-1-2-18-15(30)9(20(7-13(26)27)8-14(28)29)4-19(5-11(22)23)6-12(24)25/h9H,1-8H2,(H,17,21)(H,18,30)(H,22,23)(H,24,25)(H,26,27)(H,28,29). The third-order valence-corrected chi connectivity index (χ3v) is 4.13. The fourth-order valence-electron chi connectivity index (χ4n) is 2.35. The zero-order valence-corrected chi connectivity index (χ0v) is 17.9. The molecular formula is C15H23IN4O10. The van der Waals surface area contributed by atoms with Crippen LogP contribution in [0.25, 0.3) is 0 Å². The second kappa shape index (κ2) is 14.5. The average Bonchev–Trinajstić information content (AvgIpc) is 2.60. The summed E-state index contributed by atoms with van der Waals surface area (Å²) in [6.45, 7) is -3.82. The molecule has 2 amide bonds. The van der Waals surface area contributed by atoms with Gasteiger partial charge in [-0.05, 0) is 0 Å². The molecule has 0 fully saturated rings. The Morgan fingerprint density at radius 3 is 1.57 bits per heavy atom. The number of carbonyl (C=O) groups is 6. The molecule has 30 heavy (non-hydrogen) atoms. The molecule has 1 atom stereocenters. The second-order valence-corrected chi connectivity index (χ2v) is 6.70. The molecule has 170 valence electrons. The molecule has 0 aliphatic rings. The summed E-state index contributed by atoms with van der Waals surface area (Å²) in [5, 5.41) is 40.9. The van der Waals surface area contributed by atoms with Gasteiger partial charge in [0, 0.05) is 19.6 Å². The Morgan fingerprint density at radius 2 is 1.17 bits per heavy atom. The van der Waals surface area contributed by atoms with Gasteiger partial charge in [-0.1, -0.05) is 22.6 Å². The summed E-state index contributed by atoms with van der Waals surface area (Å²) in [5.74, 6) is -6.78. The molecule has 14 nitrogen and oxygen atoms in total. The number of aliphatic carboxylic acids is 4. The van der Waals surface area contributed by atoms with Crippen molar-refractivity contribution in [1.82, 2.24) is 20.4 Å². The fraction of sp³-hybridized carbons (Fsp3) is 0.600. The zero-order valence-electron chi connectivity index (χ0n) is 15.7. The van der Waals surface area contributed by atoms with Gasteiger partial charge in [0.1, 0.15) is 6.04 Å². The number of hydrogen-bond donors (Lipinski definition) is 6. The first-order chi connectivity index (χ1) is 14.0. The van der Waals surface area contributed by atoms with Crippen LogP contribution in [0.15, 0.2) is 0 Å². The molecule has 0 aromatic rings. The van der Waals surface area contributed by atoms with Crippen molar-refractivity contribution in [3.63, 3.8) is 0 Å². The molecule has 0 spiro atoms. The summed E-state index contributed by atoms with van der Waals surface area (Å²) in [5.41, 5.74) is 0. The number of rotatable bonds is 16. The molecular weight excluding hydrogens is 523 g/mol.